The zero-order chi connectivity index (χ0) is 14.5. The quantitative estimate of drug-likeness (QED) is 0.748. The van der Waals surface area contributed by atoms with Gasteiger partial charge in [-0.2, -0.15) is 5.26 Å². The molecule has 3 rings (SSSR count). The maximum absolute atomic E-state index is 8.76. The summed E-state index contributed by atoms with van der Waals surface area (Å²) in [6.45, 7) is 0. The van der Waals surface area contributed by atoms with Crippen LogP contribution in [0.15, 0.2) is 53.9 Å². The van der Waals surface area contributed by atoms with Crippen molar-refractivity contribution in [3.8, 4) is 17.5 Å². The van der Waals surface area contributed by atoms with Gasteiger partial charge in [0.05, 0.1) is 11.6 Å². The largest absolute Gasteiger partial charge is 0.265 e. The van der Waals surface area contributed by atoms with E-state index in [0.717, 1.165) is 22.7 Å². The van der Waals surface area contributed by atoms with Gasteiger partial charge in [-0.15, -0.1) is 5.10 Å². The van der Waals surface area contributed by atoms with E-state index in [1.165, 1.54) is 0 Å². The predicted molar refractivity (Wildman–Crippen MR) is 80.3 cm³/mol. The molecular weight excluding hydrogens is 282 g/mol. The summed E-state index contributed by atoms with van der Waals surface area (Å²) in [6.07, 6.45) is 3.45. The number of nitrogens with one attached hydrogen (secondary N) is 1. The molecule has 21 heavy (non-hydrogen) atoms. The molecule has 102 valence electrons. The fourth-order valence-electron chi connectivity index (χ4n) is 1.77. The number of H-pyrrole nitrogens is 1. The molecule has 6 heteroatoms. The third-order valence-corrected chi connectivity index (χ3v) is 3.79. The number of benzene rings is 1. The van der Waals surface area contributed by atoms with Crippen LogP contribution in [0.25, 0.3) is 11.4 Å². The van der Waals surface area contributed by atoms with Crippen LogP contribution in [0.1, 0.15) is 11.1 Å². The lowest BCUT2D eigenvalue weighted by Crippen LogP contribution is -1.83. The number of hydrogen-bond donors (Lipinski definition) is 1. The molecule has 0 saturated carbocycles. The molecule has 0 fully saturated rings. The number of pyridine rings is 1. The number of aromatic amines is 1. The molecule has 3 aromatic rings. The molecule has 0 amide bonds. The van der Waals surface area contributed by atoms with Crippen molar-refractivity contribution in [1.29, 1.82) is 5.26 Å². The summed E-state index contributed by atoms with van der Waals surface area (Å²) >= 11 is 1.55. The van der Waals surface area contributed by atoms with Gasteiger partial charge in [0.1, 0.15) is 0 Å². The number of nitrogens with zero attached hydrogens (tertiary/aromatic N) is 4. The Morgan fingerprint density at radius 2 is 1.86 bits per heavy atom. The number of aromatic nitrogens is 4. The van der Waals surface area contributed by atoms with Crippen molar-refractivity contribution in [3.63, 3.8) is 0 Å². The van der Waals surface area contributed by atoms with Crippen molar-refractivity contribution in [2.75, 3.05) is 0 Å². The van der Waals surface area contributed by atoms with E-state index in [4.69, 9.17) is 5.26 Å². The molecule has 0 saturated heterocycles. The third-order valence-electron chi connectivity index (χ3n) is 2.87. The van der Waals surface area contributed by atoms with E-state index >= 15 is 0 Å². The highest BCUT2D eigenvalue weighted by molar-refractivity contribution is 7.98. The first-order valence-electron chi connectivity index (χ1n) is 6.30. The van der Waals surface area contributed by atoms with Crippen LogP contribution < -0.4 is 0 Å². The first-order chi connectivity index (χ1) is 10.3. The van der Waals surface area contributed by atoms with Crippen LogP contribution in [0.4, 0.5) is 0 Å². The highest BCUT2D eigenvalue weighted by atomic mass is 32.2. The lowest BCUT2D eigenvalue weighted by molar-refractivity contribution is 0.973. The minimum atomic E-state index is 0.668. The molecule has 0 atom stereocenters. The first-order valence-corrected chi connectivity index (χ1v) is 7.28. The highest BCUT2D eigenvalue weighted by Crippen LogP contribution is 2.22. The van der Waals surface area contributed by atoms with Crippen molar-refractivity contribution < 1.29 is 0 Å². The van der Waals surface area contributed by atoms with Crippen LogP contribution in [0.3, 0.4) is 0 Å². The average molecular weight is 293 g/mol. The zero-order valence-corrected chi connectivity index (χ0v) is 11.8. The molecule has 1 aromatic carbocycles. The smallest absolute Gasteiger partial charge is 0.209 e. The SMILES string of the molecule is N#Cc1ccc(CSc2n[nH]c(-c3ccncc3)n2)cc1. The molecule has 2 heterocycles. The second kappa shape index (κ2) is 6.20. The van der Waals surface area contributed by atoms with E-state index in [1.807, 2.05) is 36.4 Å². The Balaban J connectivity index is 1.66. The van der Waals surface area contributed by atoms with Crippen LogP contribution in [-0.4, -0.2) is 20.2 Å². The Hall–Kier alpha value is -2.65. The Bertz CT molecular complexity index is 759. The summed E-state index contributed by atoms with van der Waals surface area (Å²) in [4.78, 5) is 8.42. The predicted octanol–water partition coefficient (Wildman–Crippen LogP) is 3.03. The van der Waals surface area contributed by atoms with E-state index < -0.39 is 0 Å². The van der Waals surface area contributed by atoms with Gasteiger partial charge in [-0.3, -0.25) is 10.1 Å². The van der Waals surface area contributed by atoms with E-state index in [0.29, 0.717) is 10.7 Å². The molecule has 5 nitrogen and oxygen atoms in total. The van der Waals surface area contributed by atoms with Gasteiger partial charge < -0.3 is 0 Å². The molecule has 0 aliphatic heterocycles. The van der Waals surface area contributed by atoms with Gasteiger partial charge >= 0.3 is 0 Å². The normalized spacial score (nSPS) is 10.2. The number of hydrogen-bond acceptors (Lipinski definition) is 5. The first kappa shape index (κ1) is 13.3. The molecule has 0 aliphatic rings. The van der Waals surface area contributed by atoms with E-state index in [1.54, 1.807) is 24.2 Å². The summed E-state index contributed by atoms with van der Waals surface area (Å²) in [7, 11) is 0. The molecule has 0 spiro atoms. The van der Waals surface area contributed by atoms with Gasteiger partial charge in [0, 0.05) is 23.7 Å². The third kappa shape index (κ3) is 3.27. The summed E-state index contributed by atoms with van der Waals surface area (Å²) in [6, 6.07) is 13.4. The Labute approximate surface area is 126 Å². The lowest BCUT2D eigenvalue weighted by Gasteiger charge is -1.98. The van der Waals surface area contributed by atoms with Gasteiger partial charge in [-0.25, -0.2) is 4.98 Å². The van der Waals surface area contributed by atoms with Crippen molar-refractivity contribution in [3.05, 3.63) is 59.9 Å². The van der Waals surface area contributed by atoms with Crippen LogP contribution >= 0.6 is 11.8 Å². The van der Waals surface area contributed by atoms with E-state index in [2.05, 4.69) is 26.2 Å². The highest BCUT2D eigenvalue weighted by Gasteiger charge is 2.06. The zero-order valence-electron chi connectivity index (χ0n) is 11.0. The van der Waals surface area contributed by atoms with Crippen LogP contribution in [0, 0.1) is 11.3 Å². The number of thioether (sulfide) groups is 1. The number of rotatable bonds is 4. The maximum atomic E-state index is 8.76. The topological polar surface area (TPSA) is 78.2 Å². The summed E-state index contributed by atoms with van der Waals surface area (Å²) < 4.78 is 0. The molecule has 0 aliphatic carbocycles. The van der Waals surface area contributed by atoms with Crippen molar-refractivity contribution >= 4 is 11.8 Å². The van der Waals surface area contributed by atoms with Crippen molar-refractivity contribution in [2.45, 2.75) is 10.9 Å². The Morgan fingerprint density at radius 1 is 1.10 bits per heavy atom. The fourth-order valence-corrected chi connectivity index (χ4v) is 2.53. The molecule has 0 radical (unpaired) electrons. The van der Waals surface area contributed by atoms with Crippen LogP contribution in [0.2, 0.25) is 0 Å². The summed E-state index contributed by atoms with van der Waals surface area (Å²) in [5.41, 5.74) is 2.76. The minimum absolute atomic E-state index is 0.668. The van der Waals surface area contributed by atoms with E-state index in [9.17, 15) is 0 Å². The van der Waals surface area contributed by atoms with Crippen molar-refractivity contribution in [1.82, 2.24) is 20.2 Å². The van der Waals surface area contributed by atoms with E-state index in [-0.39, 0.29) is 0 Å². The monoisotopic (exact) mass is 293 g/mol. The van der Waals surface area contributed by atoms with Crippen molar-refractivity contribution in [2.24, 2.45) is 0 Å². The Kier molecular flexibility index (Phi) is 3.94. The molecule has 2 aromatic heterocycles. The number of nitriles is 1. The second-order valence-corrected chi connectivity index (χ2v) is 5.24. The van der Waals surface area contributed by atoms with Gasteiger partial charge in [-0.05, 0) is 29.8 Å². The minimum Gasteiger partial charge on any atom is -0.265 e. The van der Waals surface area contributed by atoms with Gasteiger partial charge in [0.15, 0.2) is 5.82 Å². The van der Waals surface area contributed by atoms with Gasteiger partial charge in [0.25, 0.3) is 0 Å². The van der Waals surface area contributed by atoms with Gasteiger partial charge in [-0.1, -0.05) is 23.9 Å². The molecule has 0 unspecified atom stereocenters. The van der Waals surface area contributed by atoms with Gasteiger partial charge in [0.2, 0.25) is 5.16 Å². The lowest BCUT2D eigenvalue weighted by atomic mass is 10.2. The van der Waals surface area contributed by atoms with Crippen LogP contribution in [0.5, 0.6) is 0 Å². The Morgan fingerprint density at radius 3 is 2.57 bits per heavy atom. The standard InChI is InChI=1S/C15H11N5S/c16-9-11-1-3-12(4-2-11)10-21-15-18-14(19-20-15)13-5-7-17-8-6-13/h1-8H,10H2,(H,18,19,20). The molecule has 1 N–H and O–H groups in total. The fraction of sp³-hybridized carbons (Fsp3) is 0.0667. The molecule has 0 bridgehead atoms. The maximum Gasteiger partial charge on any atom is 0.209 e. The average Bonchev–Trinajstić information content (AvgIpc) is 3.03. The van der Waals surface area contributed by atoms with Crippen LogP contribution in [-0.2, 0) is 5.75 Å². The summed E-state index contributed by atoms with van der Waals surface area (Å²) in [5.74, 6) is 1.50. The second-order valence-electron chi connectivity index (χ2n) is 4.30. The summed E-state index contributed by atoms with van der Waals surface area (Å²) in [5, 5.41) is 16.6. The molecular formula is C15H11N5S.